The Bertz CT molecular complexity index is 682. The summed E-state index contributed by atoms with van der Waals surface area (Å²) in [4.78, 5) is 3.15. The molecular weight excluding hydrogens is 293 g/mol. The monoisotopic (exact) mass is 303 g/mol. The number of aromatic nitrogens is 1. The van der Waals surface area contributed by atoms with Crippen molar-refractivity contribution in [3.63, 3.8) is 0 Å². The summed E-state index contributed by atoms with van der Waals surface area (Å²) >= 11 is 0. The molecule has 0 spiro atoms. The number of hydrogen-bond acceptors (Lipinski definition) is 3. The molecule has 0 aliphatic carbocycles. The van der Waals surface area contributed by atoms with Gasteiger partial charge in [-0.2, -0.15) is 13.2 Å². The fourth-order valence-corrected chi connectivity index (χ4v) is 1.62. The van der Waals surface area contributed by atoms with Crippen LogP contribution in [-0.2, 0) is 6.18 Å². The van der Waals surface area contributed by atoms with Crippen molar-refractivity contribution in [2.24, 2.45) is 0 Å². The summed E-state index contributed by atoms with van der Waals surface area (Å²) in [5.41, 5.74) is 3.74. The van der Waals surface area contributed by atoms with Crippen molar-refractivity contribution in [3.8, 4) is 0 Å². The van der Waals surface area contributed by atoms with Crippen LogP contribution in [0.5, 0.6) is 0 Å². The number of anilines is 3. The number of aryl methyl sites for hydroxylation is 1. The number of benzene rings is 1. The molecule has 0 atom stereocenters. The highest BCUT2D eigenvalue weighted by atomic mass is 19.4. The van der Waals surface area contributed by atoms with Crippen molar-refractivity contribution >= 4 is 17.1 Å². The Hall–Kier alpha value is -2.38. The number of nitrogens with two attached hydrogens (primary N) is 1. The summed E-state index contributed by atoms with van der Waals surface area (Å²) in [6.45, 7) is 1.37. The Balaban J connectivity index is 2.42. The van der Waals surface area contributed by atoms with E-state index in [4.69, 9.17) is 5.73 Å². The van der Waals surface area contributed by atoms with E-state index in [0.717, 1.165) is 18.3 Å². The Morgan fingerprint density at radius 1 is 1.05 bits per heavy atom. The largest absolute Gasteiger partial charge is 0.433 e. The van der Waals surface area contributed by atoms with Gasteiger partial charge in [-0.3, -0.25) is 0 Å². The van der Waals surface area contributed by atoms with Gasteiger partial charge in [0.1, 0.15) is 17.3 Å². The first-order chi connectivity index (χ1) is 9.68. The fraction of sp³-hybridized carbons (Fsp3) is 0.154. The maximum atomic E-state index is 13.7. The third-order valence-corrected chi connectivity index (χ3v) is 2.74. The predicted molar refractivity (Wildman–Crippen MR) is 68.0 cm³/mol. The van der Waals surface area contributed by atoms with Crippen molar-refractivity contribution in [2.45, 2.75) is 13.1 Å². The molecule has 0 bridgehead atoms. The van der Waals surface area contributed by atoms with Crippen LogP contribution in [0, 0.1) is 18.6 Å². The molecule has 0 radical (unpaired) electrons. The van der Waals surface area contributed by atoms with Crippen LogP contribution in [0.1, 0.15) is 11.3 Å². The van der Waals surface area contributed by atoms with E-state index in [1.54, 1.807) is 0 Å². The summed E-state index contributed by atoms with van der Waals surface area (Å²) in [5, 5.41) is 2.34. The molecule has 8 heteroatoms. The Kier molecular flexibility index (Phi) is 3.71. The number of alkyl halides is 3. The Labute approximate surface area is 116 Å². The van der Waals surface area contributed by atoms with Gasteiger partial charge in [-0.25, -0.2) is 13.8 Å². The highest BCUT2D eigenvalue weighted by Crippen LogP contribution is 2.33. The smallest absolute Gasteiger partial charge is 0.396 e. The summed E-state index contributed by atoms with van der Waals surface area (Å²) in [6, 6.07) is 2.41. The van der Waals surface area contributed by atoms with Gasteiger partial charge in [0.05, 0.1) is 23.3 Å². The zero-order chi connectivity index (χ0) is 15.8. The molecule has 1 heterocycles. The van der Waals surface area contributed by atoms with E-state index in [-0.39, 0.29) is 22.6 Å². The lowest BCUT2D eigenvalue weighted by atomic mass is 10.2. The van der Waals surface area contributed by atoms with Crippen LogP contribution in [0.25, 0.3) is 0 Å². The van der Waals surface area contributed by atoms with E-state index in [1.807, 2.05) is 0 Å². The Morgan fingerprint density at radius 3 is 2.33 bits per heavy atom. The molecule has 3 nitrogen and oxygen atoms in total. The molecule has 2 rings (SSSR count). The van der Waals surface area contributed by atoms with Crippen LogP contribution in [0.15, 0.2) is 24.4 Å². The molecule has 112 valence electrons. The molecule has 0 saturated heterocycles. The number of halogens is 5. The number of pyridine rings is 1. The number of rotatable bonds is 2. The first-order valence-corrected chi connectivity index (χ1v) is 5.74. The molecule has 0 fully saturated rings. The minimum atomic E-state index is -4.67. The quantitative estimate of drug-likeness (QED) is 0.824. The second-order valence-electron chi connectivity index (χ2n) is 4.36. The molecule has 0 aliphatic heterocycles. The zero-order valence-electron chi connectivity index (χ0n) is 10.7. The highest BCUT2D eigenvalue weighted by Gasteiger charge is 2.33. The van der Waals surface area contributed by atoms with E-state index >= 15 is 0 Å². The molecule has 3 N–H and O–H groups in total. The van der Waals surface area contributed by atoms with Crippen molar-refractivity contribution in [2.75, 3.05) is 11.1 Å². The van der Waals surface area contributed by atoms with Crippen molar-refractivity contribution in [1.82, 2.24) is 4.98 Å². The van der Waals surface area contributed by atoms with E-state index in [2.05, 4.69) is 10.3 Å². The lowest BCUT2D eigenvalue weighted by Crippen LogP contribution is -2.10. The maximum absolute atomic E-state index is 13.7. The third kappa shape index (κ3) is 3.21. The summed E-state index contributed by atoms with van der Waals surface area (Å²) in [5.74, 6) is -1.50. The zero-order valence-corrected chi connectivity index (χ0v) is 10.7. The van der Waals surface area contributed by atoms with Gasteiger partial charge in [-0.15, -0.1) is 0 Å². The fourth-order valence-electron chi connectivity index (χ4n) is 1.62. The number of nitrogens with zero attached hydrogens (tertiary/aromatic N) is 1. The van der Waals surface area contributed by atoms with E-state index in [0.29, 0.717) is 6.07 Å². The van der Waals surface area contributed by atoms with Crippen molar-refractivity contribution in [3.05, 3.63) is 47.3 Å². The Morgan fingerprint density at radius 2 is 1.71 bits per heavy atom. The lowest BCUT2D eigenvalue weighted by Gasteiger charge is -2.13. The van der Waals surface area contributed by atoms with Gasteiger partial charge in [0.25, 0.3) is 0 Å². The molecule has 21 heavy (non-hydrogen) atoms. The van der Waals surface area contributed by atoms with Gasteiger partial charge in [-0.1, -0.05) is 0 Å². The molecular formula is C13H10F5N3. The van der Waals surface area contributed by atoms with Crippen molar-refractivity contribution in [1.29, 1.82) is 0 Å². The average Bonchev–Trinajstić information content (AvgIpc) is 2.37. The van der Waals surface area contributed by atoms with Gasteiger partial charge in [0.15, 0.2) is 0 Å². The number of hydrogen-bond donors (Lipinski definition) is 2. The second kappa shape index (κ2) is 5.19. The maximum Gasteiger partial charge on any atom is 0.433 e. The van der Waals surface area contributed by atoms with Gasteiger partial charge >= 0.3 is 6.18 Å². The standard InChI is InChI=1S/C13H10F5N3/c1-6-2-8(15)10(3-7(6)14)21-11-4-12(13(16,17)18)20-5-9(11)19/h2-5H,19H2,1H3,(H,20,21). The third-order valence-electron chi connectivity index (χ3n) is 2.74. The molecule has 0 saturated carbocycles. The van der Waals surface area contributed by atoms with Crippen LogP contribution in [0.4, 0.5) is 39.0 Å². The summed E-state index contributed by atoms with van der Waals surface area (Å²) in [6.07, 6.45) is -3.87. The van der Waals surface area contributed by atoms with Gasteiger partial charge in [0, 0.05) is 6.07 Å². The van der Waals surface area contributed by atoms with Crippen LogP contribution >= 0.6 is 0 Å². The second-order valence-corrected chi connectivity index (χ2v) is 4.36. The average molecular weight is 303 g/mol. The van der Waals surface area contributed by atoms with Crippen LogP contribution in [0.2, 0.25) is 0 Å². The first-order valence-electron chi connectivity index (χ1n) is 5.74. The summed E-state index contributed by atoms with van der Waals surface area (Å²) < 4.78 is 64.8. The first kappa shape index (κ1) is 15.0. The van der Waals surface area contributed by atoms with E-state index in [1.165, 1.54) is 6.92 Å². The minimum absolute atomic E-state index is 0.0803. The van der Waals surface area contributed by atoms with Crippen LogP contribution in [0.3, 0.4) is 0 Å². The number of nitrogens with one attached hydrogen (secondary N) is 1. The molecule has 0 aliphatic rings. The topological polar surface area (TPSA) is 50.9 Å². The molecule has 0 amide bonds. The lowest BCUT2D eigenvalue weighted by molar-refractivity contribution is -0.141. The molecule has 2 aromatic rings. The van der Waals surface area contributed by atoms with Gasteiger partial charge in [-0.05, 0) is 24.6 Å². The molecule has 0 unspecified atom stereocenters. The predicted octanol–water partition coefficient (Wildman–Crippen LogP) is 4.01. The van der Waals surface area contributed by atoms with E-state index < -0.39 is 23.5 Å². The molecule has 1 aromatic carbocycles. The minimum Gasteiger partial charge on any atom is -0.396 e. The van der Waals surface area contributed by atoms with Gasteiger partial charge in [0.2, 0.25) is 0 Å². The molecule has 1 aromatic heterocycles. The van der Waals surface area contributed by atoms with Crippen LogP contribution in [-0.4, -0.2) is 4.98 Å². The van der Waals surface area contributed by atoms with Crippen LogP contribution < -0.4 is 11.1 Å². The van der Waals surface area contributed by atoms with Crippen molar-refractivity contribution < 1.29 is 22.0 Å². The van der Waals surface area contributed by atoms with Gasteiger partial charge < -0.3 is 11.1 Å². The SMILES string of the molecule is Cc1cc(F)c(Nc2cc(C(F)(F)F)ncc2N)cc1F. The normalized spacial score (nSPS) is 11.5. The number of nitrogen functional groups attached to an aromatic ring is 1. The summed E-state index contributed by atoms with van der Waals surface area (Å²) in [7, 11) is 0. The highest BCUT2D eigenvalue weighted by molar-refractivity contribution is 5.72. The van der Waals surface area contributed by atoms with E-state index in [9.17, 15) is 22.0 Å².